The van der Waals surface area contributed by atoms with Gasteiger partial charge in [0.05, 0.1) is 13.2 Å². The van der Waals surface area contributed by atoms with Gasteiger partial charge in [0.2, 0.25) is 0 Å². The Morgan fingerprint density at radius 1 is 1.35 bits per heavy atom. The normalized spacial score (nSPS) is 18.7. The van der Waals surface area contributed by atoms with Gasteiger partial charge in [-0.1, -0.05) is 6.07 Å². The minimum absolute atomic E-state index is 0. The minimum Gasteiger partial charge on any atom is -0.383 e. The Morgan fingerprint density at radius 3 is 2.70 bits per heavy atom. The fourth-order valence-corrected chi connectivity index (χ4v) is 3.04. The van der Waals surface area contributed by atoms with Crippen molar-refractivity contribution in [1.82, 2.24) is 4.90 Å². The third kappa shape index (κ3) is 6.64. The monoisotopic (exact) mass is 432 g/mol. The first-order valence-electron chi connectivity index (χ1n) is 7.96. The number of halogens is 1. The maximum Gasteiger partial charge on any atom is 0.193 e. The molecule has 0 spiro atoms. The summed E-state index contributed by atoms with van der Waals surface area (Å²) in [5.41, 5.74) is 9.47. The number of hydrogen-bond acceptors (Lipinski definition) is 3. The number of nitrogens with one attached hydrogen (secondary N) is 1. The van der Waals surface area contributed by atoms with E-state index in [2.05, 4.69) is 47.3 Å². The summed E-state index contributed by atoms with van der Waals surface area (Å²) in [5, 5.41) is 3.19. The fraction of sp³-hybridized carbons (Fsp3) is 0.588. The molecule has 1 heterocycles. The Balaban J connectivity index is 0.00000264. The van der Waals surface area contributed by atoms with E-state index >= 15 is 0 Å². The fourth-order valence-electron chi connectivity index (χ4n) is 3.04. The summed E-state index contributed by atoms with van der Waals surface area (Å²) in [4.78, 5) is 6.96. The smallest absolute Gasteiger partial charge is 0.193 e. The van der Waals surface area contributed by atoms with Gasteiger partial charge in [0.25, 0.3) is 0 Å². The van der Waals surface area contributed by atoms with E-state index in [0.717, 1.165) is 31.9 Å². The van der Waals surface area contributed by atoms with Gasteiger partial charge in [0, 0.05) is 25.4 Å². The third-order valence-electron chi connectivity index (χ3n) is 4.05. The highest BCUT2D eigenvalue weighted by Gasteiger charge is 2.23. The Hall–Kier alpha value is -0.860. The number of likely N-dealkylation sites (tertiary alicyclic amines) is 1. The van der Waals surface area contributed by atoms with Crippen LogP contribution >= 0.6 is 24.0 Å². The molecule has 1 aliphatic heterocycles. The van der Waals surface area contributed by atoms with E-state index in [4.69, 9.17) is 10.5 Å². The number of ether oxygens (including phenoxy) is 1. The van der Waals surface area contributed by atoms with E-state index in [0.29, 0.717) is 12.0 Å². The predicted octanol–water partition coefficient (Wildman–Crippen LogP) is 2.76. The Kier molecular flexibility index (Phi) is 8.86. The zero-order valence-electron chi connectivity index (χ0n) is 14.3. The van der Waals surface area contributed by atoms with E-state index in [-0.39, 0.29) is 24.0 Å². The molecule has 1 aliphatic rings. The molecule has 0 radical (unpaired) electrons. The average molecular weight is 432 g/mol. The first-order chi connectivity index (χ1) is 10.6. The maximum absolute atomic E-state index is 6.03. The molecule has 0 aromatic heterocycles. The van der Waals surface area contributed by atoms with Gasteiger partial charge >= 0.3 is 0 Å². The van der Waals surface area contributed by atoms with E-state index in [1.165, 1.54) is 24.0 Å². The quantitative estimate of drug-likeness (QED) is 0.412. The van der Waals surface area contributed by atoms with Gasteiger partial charge in [-0.2, -0.15) is 0 Å². The summed E-state index contributed by atoms with van der Waals surface area (Å²) in [6, 6.07) is 6.78. The van der Waals surface area contributed by atoms with Gasteiger partial charge in [-0.05, 0) is 56.5 Å². The molecule has 23 heavy (non-hydrogen) atoms. The van der Waals surface area contributed by atoms with Crippen LogP contribution in [0.2, 0.25) is 0 Å². The summed E-state index contributed by atoms with van der Waals surface area (Å²) in [7, 11) is 1.75. The van der Waals surface area contributed by atoms with E-state index in [9.17, 15) is 0 Å². The van der Waals surface area contributed by atoms with Gasteiger partial charge in [0.1, 0.15) is 0 Å². The lowest BCUT2D eigenvalue weighted by molar-refractivity contribution is 0.143. The van der Waals surface area contributed by atoms with Crippen LogP contribution in [-0.2, 0) is 4.74 Å². The zero-order chi connectivity index (χ0) is 15.9. The number of aliphatic imine (C=N–C) groups is 1. The number of nitrogens with two attached hydrogens (primary N) is 1. The van der Waals surface area contributed by atoms with E-state index < -0.39 is 0 Å². The molecule has 1 aromatic carbocycles. The van der Waals surface area contributed by atoms with Crippen LogP contribution in [0.1, 0.15) is 24.0 Å². The summed E-state index contributed by atoms with van der Waals surface area (Å²) in [6.07, 6.45) is 2.42. The number of hydrogen-bond donors (Lipinski definition) is 2. The lowest BCUT2D eigenvalue weighted by atomic mass is 10.1. The molecule has 1 atom stereocenters. The van der Waals surface area contributed by atoms with Crippen molar-refractivity contribution in [1.29, 1.82) is 0 Å². The highest BCUT2D eigenvalue weighted by atomic mass is 127. The van der Waals surface area contributed by atoms with Gasteiger partial charge in [-0.3, -0.25) is 9.89 Å². The van der Waals surface area contributed by atoms with Crippen molar-refractivity contribution in [2.24, 2.45) is 10.7 Å². The number of aryl methyl sites for hydroxylation is 2. The Labute approximate surface area is 156 Å². The van der Waals surface area contributed by atoms with Crippen LogP contribution < -0.4 is 11.1 Å². The predicted molar refractivity (Wildman–Crippen MR) is 108 cm³/mol. The summed E-state index contributed by atoms with van der Waals surface area (Å²) in [6.45, 7) is 7.79. The Bertz CT molecular complexity index is 501. The van der Waals surface area contributed by atoms with Crippen molar-refractivity contribution in [3.63, 3.8) is 0 Å². The van der Waals surface area contributed by atoms with Gasteiger partial charge in [-0.15, -0.1) is 24.0 Å². The van der Waals surface area contributed by atoms with Crippen LogP contribution in [0.25, 0.3) is 0 Å². The molecule has 6 heteroatoms. The number of guanidine groups is 1. The van der Waals surface area contributed by atoms with E-state index in [1.54, 1.807) is 7.11 Å². The molecule has 2 rings (SSSR count). The second kappa shape index (κ2) is 10.1. The lowest BCUT2D eigenvalue weighted by Crippen LogP contribution is -2.35. The highest BCUT2D eigenvalue weighted by Crippen LogP contribution is 2.17. The average Bonchev–Trinajstić information content (AvgIpc) is 2.89. The third-order valence-corrected chi connectivity index (χ3v) is 4.05. The van der Waals surface area contributed by atoms with Crippen molar-refractivity contribution in [2.45, 2.75) is 32.7 Å². The topological polar surface area (TPSA) is 62.9 Å². The highest BCUT2D eigenvalue weighted by molar-refractivity contribution is 14.0. The number of benzene rings is 1. The number of methoxy groups -OCH3 is 1. The van der Waals surface area contributed by atoms with Crippen LogP contribution in [0.5, 0.6) is 0 Å². The summed E-state index contributed by atoms with van der Waals surface area (Å²) in [5.74, 6) is 0.489. The molecule has 0 amide bonds. The van der Waals surface area contributed by atoms with E-state index in [1.807, 2.05) is 0 Å². The van der Waals surface area contributed by atoms with Crippen LogP contribution in [0.4, 0.5) is 5.69 Å². The first kappa shape index (κ1) is 20.2. The lowest BCUT2D eigenvalue weighted by Gasteiger charge is -2.22. The second-order valence-electron chi connectivity index (χ2n) is 6.05. The van der Waals surface area contributed by atoms with Crippen LogP contribution in [0.15, 0.2) is 23.2 Å². The molecule has 3 N–H and O–H groups in total. The molecule has 130 valence electrons. The molecule has 0 aliphatic carbocycles. The summed E-state index contributed by atoms with van der Waals surface area (Å²) >= 11 is 0. The SMILES string of the molecule is COCCN1CCCC1CN=C(N)Nc1cc(C)cc(C)c1.I. The number of nitrogens with zero attached hydrogens (tertiary/aromatic N) is 2. The van der Waals surface area contributed by atoms with Gasteiger partial charge in [0.15, 0.2) is 5.96 Å². The standard InChI is InChI=1S/C17H28N4O.HI/c1-13-9-14(2)11-15(10-13)20-17(18)19-12-16-5-4-6-21(16)7-8-22-3;/h9-11,16H,4-8,12H2,1-3H3,(H3,18,19,20);1H. The van der Waals surface area contributed by atoms with Crippen molar-refractivity contribution in [3.05, 3.63) is 29.3 Å². The summed E-state index contributed by atoms with van der Waals surface area (Å²) < 4.78 is 5.16. The van der Waals surface area contributed by atoms with Crippen LogP contribution in [-0.4, -0.2) is 50.3 Å². The van der Waals surface area contributed by atoms with Gasteiger partial charge < -0.3 is 15.8 Å². The molecule has 1 aromatic rings. The van der Waals surface area contributed by atoms with Crippen molar-refractivity contribution < 1.29 is 4.74 Å². The van der Waals surface area contributed by atoms with Crippen molar-refractivity contribution in [2.75, 3.05) is 38.7 Å². The van der Waals surface area contributed by atoms with Crippen molar-refractivity contribution in [3.8, 4) is 0 Å². The van der Waals surface area contributed by atoms with Crippen molar-refractivity contribution >= 4 is 35.6 Å². The molecular formula is C17H29IN4O. The number of rotatable bonds is 6. The Morgan fingerprint density at radius 2 is 2.04 bits per heavy atom. The minimum atomic E-state index is 0. The van der Waals surface area contributed by atoms with Crippen LogP contribution in [0, 0.1) is 13.8 Å². The second-order valence-corrected chi connectivity index (χ2v) is 6.05. The zero-order valence-corrected chi connectivity index (χ0v) is 16.7. The van der Waals surface area contributed by atoms with Crippen LogP contribution in [0.3, 0.4) is 0 Å². The molecule has 0 bridgehead atoms. The molecule has 1 fully saturated rings. The molecule has 5 nitrogen and oxygen atoms in total. The molecule has 1 saturated heterocycles. The molecule has 0 saturated carbocycles. The number of anilines is 1. The molecular weight excluding hydrogens is 403 g/mol. The van der Waals surface area contributed by atoms with Gasteiger partial charge in [-0.25, -0.2) is 0 Å². The largest absolute Gasteiger partial charge is 0.383 e. The molecule has 1 unspecified atom stereocenters. The first-order valence-corrected chi connectivity index (χ1v) is 7.96. The maximum atomic E-state index is 6.03.